The average Bonchev–Trinajstić information content (AvgIpc) is 3.17. The van der Waals surface area contributed by atoms with Crippen molar-refractivity contribution in [3.8, 4) is 0 Å². The van der Waals surface area contributed by atoms with Gasteiger partial charge in [-0.15, -0.1) is 11.3 Å². The van der Waals surface area contributed by atoms with Gasteiger partial charge in [0.15, 0.2) is 5.13 Å². The predicted octanol–water partition coefficient (Wildman–Crippen LogP) is 4.57. The number of carbonyl (C=O) groups is 2. The minimum atomic E-state index is -0.161. The fourth-order valence-corrected chi connectivity index (χ4v) is 4.12. The molecule has 150 valence electrons. The Kier molecular flexibility index (Phi) is 7.15. The first-order valence-corrected chi connectivity index (χ1v) is 10.9. The van der Waals surface area contributed by atoms with Crippen molar-refractivity contribution in [1.29, 1.82) is 0 Å². The molecule has 0 spiro atoms. The molecule has 1 atom stereocenters. The zero-order chi connectivity index (χ0) is 20.1. The van der Waals surface area contributed by atoms with E-state index >= 15 is 0 Å². The van der Waals surface area contributed by atoms with Crippen LogP contribution >= 0.6 is 34.5 Å². The molecule has 2 amide bonds. The van der Waals surface area contributed by atoms with Crippen LogP contribution in [0.25, 0.3) is 0 Å². The number of hydrogen-bond donors (Lipinski definition) is 2. The van der Waals surface area contributed by atoms with Crippen LogP contribution in [0.3, 0.4) is 0 Å². The van der Waals surface area contributed by atoms with Crippen LogP contribution in [0, 0.1) is 5.92 Å². The number of anilines is 2. The quantitative estimate of drug-likeness (QED) is 0.689. The molecule has 1 aliphatic heterocycles. The second kappa shape index (κ2) is 9.58. The van der Waals surface area contributed by atoms with Crippen molar-refractivity contribution in [2.24, 2.45) is 5.92 Å². The lowest BCUT2D eigenvalue weighted by atomic mass is 9.97. The van der Waals surface area contributed by atoms with Gasteiger partial charge in [-0.1, -0.05) is 36.2 Å². The zero-order valence-corrected chi connectivity index (χ0v) is 17.8. The van der Waals surface area contributed by atoms with E-state index in [0.717, 1.165) is 19.3 Å². The van der Waals surface area contributed by atoms with Crippen molar-refractivity contribution in [3.05, 3.63) is 39.3 Å². The first-order valence-electron chi connectivity index (χ1n) is 9.23. The third kappa shape index (κ3) is 4.96. The van der Waals surface area contributed by atoms with Gasteiger partial charge in [-0.3, -0.25) is 9.59 Å². The van der Waals surface area contributed by atoms with Crippen molar-refractivity contribution >= 4 is 57.2 Å². The van der Waals surface area contributed by atoms with Gasteiger partial charge in [0.05, 0.1) is 21.7 Å². The lowest BCUT2D eigenvalue weighted by molar-refractivity contribution is -0.126. The number of piperidine rings is 1. The highest BCUT2D eigenvalue weighted by molar-refractivity contribution is 7.14. The molecule has 1 aliphatic rings. The maximum absolute atomic E-state index is 12.8. The summed E-state index contributed by atoms with van der Waals surface area (Å²) >= 11 is 13.5. The van der Waals surface area contributed by atoms with Crippen LogP contribution < -0.4 is 10.6 Å². The molecule has 2 N–H and O–H groups in total. The number of rotatable bonds is 6. The van der Waals surface area contributed by atoms with Crippen molar-refractivity contribution < 1.29 is 9.59 Å². The van der Waals surface area contributed by atoms with E-state index < -0.39 is 0 Å². The highest BCUT2D eigenvalue weighted by Gasteiger charge is 2.29. The third-order valence-electron chi connectivity index (χ3n) is 4.55. The molecule has 2 aromatic rings. The summed E-state index contributed by atoms with van der Waals surface area (Å²) in [4.78, 5) is 31.2. The molecule has 1 saturated heterocycles. The van der Waals surface area contributed by atoms with Gasteiger partial charge in [-0.2, -0.15) is 0 Å². The molecule has 0 aliphatic carbocycles. The Morgan fingerprint density at radius 1 is 1.36 bits per heavy atom. The number of aromatic nitrogens is 1. The van der Waals surface area contributed by atoms with E-state index in [1.54, 1.807) is 28.5 Å². The molecule has 0 radical (unpaired) electrons. The molecule has 28 heavy (non-hydrogen) atoms. The Labute approximate surface area is 178 Å². The van der Waals surface area contributed by atoms with Crippen molar-refractivity contribution in [2.45, 2.75) is 26.2 Å². The molecule has 9 heteroatoms. The van der Waals surface area contributed by atoms with Gasteiger partial charge in [0.25, 0.3) is 5.91 Å². The van der Waals surface area contributed by atoms with Crippen LogP contribution in [0.15, 0.2) is 23.6 Å². The lowest BCUT2D eigenvalue weighted by Crippen LogP contribution is -2.45. The number of amides is 2. The molecule has 6 nitrogen and oxygen atoms in total. The lowest BCUT2D eigenvalue weighted by Gasteiger charge is -2.31. The molecule has 1 aromatic carbocycles. The van der Waals surface area contributed by atoms with E-state index in [1.807, 2.05) is 6.92 Å². The van der Waals surface area contributed by atoms with E-state index in [1.165, 1.54) is 11.3 Å². The molecule has 1 aromatic heterocycles. The van der Waals surface area contributed by atoms with Crippen LogP contribution in [-0.4, -0.2) is 41.3 Å². The van der Waals surface area contributed by atoms with Crippen LogP contribution in [0.5, 0.6) is 0 Å². The van der Waals surface area contributed by atoms with Crippen LogP contribution in [0.1, 0.15) is 36.7 Å². The second-order valence-corrected chi connectivity index (χ2v) is 8.29. The van der Waals surface area contributed by atoms with E-state index in [0.29, 0.717) is 46.2 Å². The predicted molar refractivity (Wildman–Crippen MR) is 114 cm³/mol. The molecule has 0 saturated carbocycles. The summed E-state index contributed by atoms with van der Waals surface area (Å²) < 4.78 is 0. The number of nitrogens with one attached hydrogen (secondary N) is 2. The molecule has 2 heterocycles. The smallest absolute Gasteiger partial charge is 0.273 e. The van der Waals surface area contributed by atoms with Crippen molar-refractivity contribution in [2.75, 3.05) is 25.0 Å². The van der Waals surface area contributed by atoms with Crippen molar-refractivity contribution in [3.63, 3.8) is 0 Å². The number of carbonyl (C=O) groups excluding carboxylic acids is 2. The van der Waals surface area contributed by atoms with Gasteiger partial charge in [-0.05, 0) is 31.4 Å². The third-order valence-corrected chi connectivity index (χ3v) is 6.12. The Morgan fingerprint density at radius 3 is 2.96 bits per heavy atom. The van der Waals surface area contributed by atoms with E-state index in [9.17, 15) is 9.59 Å². The fraction of sp³-hybridized carbons (Fsp3) is 0.421. The Morgan fingerprint density at radius 2 is 2.18 bits per heavy atom. The highest BCUT2D eigenvalue weighted by atomic mass is 35.5. The first-order chi connectivity index (χ1) is 13.5. The Balaban J connectivity index is 1.65. The first kappa shape index (κ1) is 20.9. The number of hydrogen-bond acceptors (Lipinski definition) is 5. The Bertz CT molecular complexity index is 858. The fourth-order valence-electron chi connectivity index (χ4n) is 3.08. The average molecular weight is 441 g/mol. The summed E-state index contributed by atoms with van der Waals surface area (Å²) in [5, 5.41) is 9.14. The molecular formula is C19H22Cl2N4O2S. The summed E-state index contributed by atoms with van der Waals surface area (Å²) in [7, 11) is 0. The van der Waals surface area contributed by atoms with E-state index in [4.69, 9.17) is 23.2 Å². The zero-order valence-electron chi connectivity index (χ0n) is 15.5. The van der Waals surface area contributed by atoms with Gasteiger partial charge in [0.2, 0.25) is 5.91 Å². The molecule has 3 rings (SSSR count). The summed E-state index contributed by atoms with van der Waals surface area (Å²) in [5.74, 6) is -0.296. The minimum absolute atomic E-state index is 0.0237. The maximum atomic E-state index is 12.8. The number of thiazole rings is 1. The minimum Gasteiger partial charge on any atom is -0.356 e. The largest absolute Gasteiger partial charge is 0.356 e. The van der Waals surface area contributed by atoms with Crippen LogP contribution in [-0.2, 0) is 4.79 Å². The van der Waals surface area contributed by atoms with Crippen molar-refractivity contribution in [1.82, 2.24) is 15.2 Å². The van der Waals surface area contributed by atoms with Gasteiger partial charge in [0.1, 0.15) is 5.69 Å². The highest BCUT2D eigenvalue weighted by Crippen LogP contribution is 2.32. The summed E-state index contributed by atoms with van der Waals surface area (Å²) in [6.07, 6.45) is 2.51. The normalized spacial score (nSPS) is 16.7. The molecule has 0 unspecified atom stereocenters. The van der Waals surface area contributed by atoms with Gasteiger partial charge >= 0.3 is 0 Å². The SMILES string of the molecule is CCCNC(=O)[C@@H]1CCCN(C(=O)c2csc(Nc3cccc(Cl)c3Cl)n2)C1. The number of halogens is 2. The number of likely N-dealkylation sites (tertiary alicyclic amines) is 1. The number of nitrogens with zero attached hydrogens (tertiary/aromatic N) is 2. The standard InChI is InChI=1S/C19H22Cl2N4O2S/c1-2-8-22-17(26)12-5-4-9-25(10-12)18(27)15-11-28-19(24-15)23-14-7-3-6-13(20)16(14)21/h3,6-7,11-12H,2,4-5,8-10H2,1H3,(H,22,26)(H,23,24)/t12-/m1/s1. The van der Waals surface area contributed by atoms with E-state index in [2.05, 4.69) is 15.6 Å². The van der Waals surface area contributed by atoms with E-state index in [-0.39, 0.29) is 17.7 Å². The molecule has 1 fully saturated rings. The monoisotopic (exact) mass is 440 g/mol. The summed E-state index contributed by atoms with van der Waals surface area (Å²) in [6, 6.07) is 5.28. The second-order valence-electron chi connectivity index (χ2n) is 6.65. The topological polar surface area (TPSA) is 74.3 Å². The molecule has 0 bridgehead atoms. The summed E-state index contributed by atoms with van der Waals surface area (Å²) in [5.41, 5.74) is 0.994. The van der Waals surface area contributed by atoms with Crippen LogP contribution in [0.2, 0.25) is 10.0 Å². The summed E-state index contributed by atoms with van der Waals surface area (Å²) in [6.45, 7) is 3.74. The van der Waals surface area contributed by atoms with Gasteiger partial charge in [-0.25, -0.2) is 4.98 Å². The van der Waals surface area contributed by atoms with Gasteiger partial charge in [0, 0.05) is 25.0 Å². The maximum Gasteiger partial charge on any atom is 0.273 e. The molecular weight excluding hydrogens is 419 g/mol. The Hall–Kier alpha value is -1.83. The van der Waals surface area contributed by atoms with Gasteiger partial charge < -0.3 is 15.5 Å². The van der Waals surface area contributed by atoms with Crippen LogP contribution in [0.4, 0.5) is 10.8 Å². The number of benzene rings is 1.